The third-order valence-electron chi connectivity index (χ3n) is 6.33. The van der Waals surface area contributed by atoms with Gasteiger partial charge >= 0.3 is 6.18 Å². The summed E-state index contributed by atoms with van der Waals surface area (Å²) in [7, 11) is 0. The number of halogens is 3. The molecule has 3 N–H and O–H groups in total. The maximum Gasteiger partial charge on any atom is 0.416 e. The minimum Gasteiger partial charge on any atom is -0.337 e. The van der Waals surface area contributed by atoms with Crippen LogP contribution in [0.4, 0.5) is 13.2 Å². The van der Waals surface area contributed by atoms with Crippen LogP contribution in [0.1, 0.15) is 21.5 Å². The van der Waals surface area contributed by atoms with Crippen LogP contribution in [-0.2, 0) is 12.7 Å². The summed E-state index contributed by atoms with van der Waals surface area (Å²) in [6.45, 7) is 3.47. The van der Waals surface area contributed by atoms with E-state index in [2.05, 4.69) is 5.32 Å². The lowest BCUT2D eigenvalue weighted by Gasteiger charge is -2.56. The van der Waals surface area contributed by atoms with Gasteiger partial charge in [-0.2, -0.15) is 13.2 Å². The molecule has 31 heavy (non-hydrogen) atoms. The van der Waals surface area contributed by atoms with Gasteiger partial charge in [0.05, 0.1) is 5.56 Å². The van der Waals surface area contributed by atoms with Crippen LogP contribution < -0.4 is 11.1 Å². The fraction of sp³-hybridized carbons (Fsp3) is 0.292. The normalized spacial score (nSPS) is 17.5. The van der Waals surface area contributed by atoms with Gasteiger partial charge in [0.25, 0.3) is 5.91 Å². The number of likely N-dealkylation sites (tertiary alicyclic amines) is 1. The number of rotatable bonds is 3. The molecule has 2 aliphatic heterocycles. The van der Waals surface area contributed by atoms with Gasteiger partial charge in [0.15, 0.2) is 0 Å². The average molecular weight is 425 g/mol. The van der Waals surface area contributed by atoms with E-state index in [4.69, 9.17) is 5.73 Å². The van der Waals surface area contributed by atoms with Crippen molar-refractivity contribution in [3.63, 3.8) is 0 Å². The second-order valence-corrected chi connectivity index (χ2v) is 8.63. The van der Waals surface area contributed by atoms with Gasteiger partial charge < -0.3 is 16.0 Å². The van der Waals surface area contributed by atoms with E-state index < -0.39 is 11.7 Å². The first kappa shape index (κ1) is 20.0. The Kier molecular flexibility index (Phi) is 4.57. The molecule has 0 saturated carbocycles. The van der Waals surface area contributed by atoms with Crippen LogP contribution in [0.3, 0.4) is 0 Å². The molecule has 3 aromatic rings. The van der Waals surface area contributed by atoms with E-state index in [-0.39, 0.29) is 17.9 Å². The Bertz CT molecular complexity index is 1180. The molecule has 3 aromatic carbocycles. The van der Waals surface area contributed by atoms with E-state index in [0.717, 1.165) is 49.1 Å². The number of nitrogens with two attached hydrogens (primary N) is 1. The summed E-state index contributed by atoms with van der Waals surface area (Å²) < 4.78 is 40.1. The van der Waals surface area contributed by atoms with Crippen LogP contribution in [0.25, 0.3) is 21.9 Å². The lowest BCUT2D eigenvalue weighted by atomic mass is 9.74. The number of carbonyl (C=O) groups is 1. The van der Waals surface area contributed by atoms with Crippen LogP contribution >= 0.6 is 0 Å². The Labute approximate surface area is 177 Å². The number of benzene rings is 3. The second-order valence-electron chi connectivity index (χ2n) is 8.63. The van der Waals surface area contributed by atoms with Gasteiger partial charge in [0, 0.05) is 43.7 Å². The molecule has 2 heterocycles. The Morgan fingerprint density at radius 1 is 1.06 bits per heavy atom. The fourth-order valence-corrected chi connectivity index (χ4v) is 4.59. The third kappa shape index (κ3) is 3.47. The summed E-state index contributed by atoms with van der Waals surface area (Å²) in [5.74, 6) is -0.00526. The van der Waals surface area contributed by atoms with Crippen molar-refractivity contribution >= 4 is 16.7 Å². The number of amides is 1. The highest BCUT2D eigenvalue weighted by Gasteiger charge is 2.49. The fourth-order valence-electron chi connectivity index (χ4n) is 4.59. The van der Waals surface area contributed by atoms with Crippen molar-refractivity contribution in [2.24, 2.45) is 11.1 Å². The summed E-state index contributed by atoms with van der Waals surface area (Å²) in [4.78, 5) is 14.7. The first-order chi connectivity index (χ1) is 14.8. The van der Waals surface area contributed by atoms with Crippen LogP contribution in [0.2, 0.25) is 0 Å². The van der Waals surface area contributed by atoms with Crippen LogP contribution in [0, 0.1) is 5.41 Å². The van der Waals surface area contributed by atoms with Crippen molar-refractivity contribution in [1.82, 2.24) is 10.2 Å². The largest absolute Gasteiger partial charge is 0.416 e. The van der Waals surface area contributed by atoms with E-state index in [1.807, 2.05) is 23.1 Å². The minimum atomic E-state index is -4.45. The summed E-state index contributed by atoms with van der Waals surface area (Å²) in [6, 6.07) is 14.8. The highest BCUT2D eigenvalue weighted by molar-refractivity contribution is 6.03. The molecule has 0 aromatic heterocycles. The molecule has 2 aliphatic rings. The number of hydrogen-bond acceptors (Lipinski definition) is 3. The zero-order valence-corrected chi connectivity index (χ0v) is 16.8. The lowest BCUT2D eigenvalue weighted by molar-refractivity contribution is -0.137. The topological polar surface area (TPSA) is 58.4 Å². The number of fused-ring (bicyclic) bond motifs is 1. The molecule has 1 spiro atoms. The molecule has 4 nitrogen and oxygen atoms in total. The molecule has 0 unspecified atom stereocenters. The highest BCUT2D eigenvalue weighted by Crippen LogP contribution is 2.37. The van der Waals surface area contributed by atoms with Crippen molar-refractivity contribution in [3.8, 4) is 11.1 Å². The van der Waals surface area contributed by atoms with Crippen LogP contribution in [0.5, 0.6) is 0 Å². The average Bonchev–Trinajstić information content (AvgIpc) is 2.69. The van der Waals surface area contributed by atoms with Crippen molar-refractivity contribution in [2.75, 3.05) is 26.2 Å². The number of carbonyl (C=O) groups excluding carboxylic acids is 1. The molecule has 5 rings (SSSR count). The smallest absolute Gasteiger partial charge is 0.337 e. The van der Waals surface area contributed by atoms with E-state index in [1.54, 1.807) is 24.3 Å². The molecule has 0 radical (unpaired) electrons. The third-order valence-corrected chi connectivity index (χ3v) is 6.33. The van der Waals surface area contributed by atoms with E-state index in [0.29, 0.717) is 22.3 Å². The van der Waals surface area contributed by atoms with Crippen molar-refractivity contribution < 1.29 is 18.0 Å². The van der Waals surface area contributed by atoms with E-state index in [9.17, 15) is 18.0 Å². The monoisotopic (exact) mass is 425 g/mol. The Morgan fingerprint density at radius 3 is 2.48 bits per heavy atom. The molecule has 0 atom stereocenters. The lowest BCUT2D eigenvalue weighted by Crippen LogP contribution is -2.71. The Balaban J connectivity index is 1.50. The molecular weight excluding hydrogens is 403 g/mol. The summed E-state index contributed by atoms with van der Waals surface area (Å²) in [6.07, 6.45) is -4.45. The molecule has 1 amide bonds. The number of alkyl halides is 3. The molecule has 7 heteroatoms. The summed E-state index contributed by atoms with van der Waals surface area (Å²) >= 11 is 0. The first-order valence-electron chi connectivity index (χ1n) is 10.2. The molecule has 0 aliphatic carbocycles. The molecule has 0 bridgehead atoms. The van der Waals surface area contributed by atoms with E-state index >= 15 is 0 Å². The number of nitrogens with zero attached hydrogens (tertiary/aromatic N) is 1. The highest BCUT2D eigenvalue weighted by atomic mass is 19.4. The second kappa shape index (κ2) is 7.07. The zero-order valence-electron chi connectivity index (χ0n) is 16.8. The van der Waals surface area contributed by atoms with Gasteiger partial charge in [-0.15, -0.1) is 0 Å². The number of hydrogen-bond donors (Lipinski definition) is 2. The standard InChI is InChI=1S/C24H22F3N3O/c25-24(26,27)19-7-15(10-28)6-18(9-19)20-3-1-2-16-8-17(4-5-21(16)20)22(31)30-13-23(14-30)11-29-12-23/h1-9,29H,10-14,28H2. The van der Waals surface area contributed by atoms with Crippen LogP contribution in [-0.4, -0.2) is 37.0 Å². The summed E-state index contributed by atoms with van der Waals surface area (Å²) in [5, 5.41) is 4.87. The molecular formula is C24H22F3N3O. The van der Waals surface area contributed by atoms with Gasteiger partial charge in [-0.25, -0.2) is 0 Å². The maximum atomic E-state index is 13.4. The predicted molar refractivity (Wildman–Crippen MR) is 113 cm³/mol. The van der Waals surface area contributed by atoms with Crippen molar-refractivity contribution in [2.45, 2.75) is 12.7 Å². The Morgan fingerprint density at radius 2 is 1.84 bits per heavy atom. The van der Waals surface area contributed by atoms with E-state index in [1.165, 1.54) is 0 Å². The van der Waals surface area contributed by atoms with Crippen molar-refractivity contribution in [1.29, 1.82) is 0 Å². The van der Waals surface area contributed by atoms with Gasteiger partial charge in [-0.05, 0) is 57.8 Å². The van der Waals surface area contributed by atoms with Crippen molar-refractivity contribution in [3.05, 3.63) is 71.3 Å². The predicted octanol–water partition coefficient (Wildman–Crippen LogP) is 4.03. The SMILES string of the molecule is NCc1cc(-c2cccc3cc(C(=O)N4CC5(CNC5)C4)ccc23)cc(C(F)(F)F)c1. The van der Waals surface area contributed by atoms with Crippen LogP contribution in [0.15, 0.2) is 54.6 Å². The Hall–Kier alpha value is -2.90. The quantitative estimate of drug-likeness (QED) is 0.666. The van der Waals surface area contributed by atoms with Gasteiger partial charge in [0.2, 0.25) is 0 Å². The van der Waals surface area contributed by atoms with Gasteiger partial charge in [-0.1, -0.05) is 24.3 Å². The first-order valence-corrected chi connectivity index (χ1v) is 10.2. The zero-order chi connectivity index (χ0) is 21.8. The molecule has 160 valence electrons. The molecule has 2 saturated heterocycles. The number of nitrogens with one attached hydrogen (secondary N) is 1. The maximum absolute atomic E-state index is 13.4. The minimum absolute atomic E-state index is 0.00526. The molecule has 2 fully saturated rings. The van der Waals surface area contributed by atoms with Gasteiger partial charge in [-0.3, -0.25) is 4.79 Å². The summed E-state index contributed by atoms with van der Waals surface area (Å²) in [5.41, 5.74) is 7.34. The van der Waals surface area contributed by atoms with Gasteiger partial charge in [0.1, 0.15) is 0 Å².